The van der Waals surface area contributed by atoms with Crippen molar-refractivity contribution >= 4 is 40.6 Å². The fourth-order valence-corrected chi connectivity index (χ4v) is 3.01. The Morgan fingerprint density at radius 2 is 2.00 bits per heavy atom. The number of ether oxygens (including phenoxy) is 1. The van der Waals surface area contributed by atoms with Crippen molar-refractivity contribution in [3.8, 4) is 0 Å². The zero-order valence-electron chi connectivity index (χ0n) is 14.3. The van der Waals surface area contributed by atoms with Crippen molar-refractivity contribution in [2.75, 3.05) is 43.2 Å². The van der Waals surface area contributed by atoms with Crippen LogP contribution < -0.4 is 15.1 Å². The summed E-state index contributed by atoms with van der Waals surface area (Å²) in [7, 11) is 1.56. The van der Waals surface area contributed by atoms with E-state index in [0.717, 1.165) is 12.1 Å². The monoisotopic (exact) mass is 384 g/mol. The van der Waals surface area contributed by atoms with E-state index in [-0.39, 0.29) is 37.0 Å². The SMILES string of the molecule is CC(=S)NC[C@H]1CN(c2cc(F)c(N3CC(=O)N(C)C3)c(F)c2)C(=O)O1. The van der Waals surface area contributed by atoms with Gasteiger partial charge in [-0.3, -0.25) is 9.69 Å². The Hall–Kier alpha value is -2.49. The Morgan fingerprint density at radius 1 is 1.35 bits per heavy atom. The molecular formula is C16H18F2N4O3S. The molecule has 2 aliphatic rings. The van der Waals surface area contributed by atoms with E-state index in [1.54, 1.807) is 14.0 Å². The summed E-state index contributed by atoms with van der Waals surface area (Å²) in [6.07, 6.45) is -1.16. The summed E-state index contributed by atoms with van der Waals surface area (Å²) in [5.74, 6) is -1.90. The molecule has 2 aliphatic heterocycles. The van der Waals surface area contributed by atoms with Gasteiger partial charge in [-0.2, -0.15) is 0 Å². The maximum atomic E-state index is 14.5. The molecule has 10 heteroatoms. The summed E-state index contributed by atoms with van der Waals surface area (Å²) in [5, 5.41) is 2.89. The first kappa shape index (κ1) is 18.3. The summed E-state index contributed by atoms with van der Waals surface area (Å²) >= 11 is 4.90. The van der Waals surface area contributed by atoms with E-state index in [0.29, 0.717) is 11.5 Å². The molecule has 1 atom stereocenters. The molecule has 3 rings (SSSR count). The largest absolute Gasteiger partial charge is 0.442 e. The first-order valence-corrected chi connectivity index (χ1v) is 8.37. The van der Waals surface area contributed by atoms with Gasteiger partial charge in [0.25, 0.3) is 0 Å². The van der Waals surface area contributed by atoms with Crippen LogP contribution in [0.15, 0.2) is 12.1 Å². The van der Waals surface area contributed by atoms with Crippen LogP contribution in [0.5, 0.6) is 0 Å². The van der Waals surface area contributed by atoms with Gasteiger partial charge in [0, 0.05) is 19.2 Å². The number of nitrogens with one attached hydrogen (secondary N) is 1. The van der Waals surface area contributed by atoms with Gasteiger partial charge in [0.05, 0.1) is 37.0 Å². The molecule has 2 heterocycles. The number of likely N-dealkylation sites (N-methyl/N-ethyl adjacent to an activating group) is 1. The number of hydrogen-bond acceptors (Lipinski definition) is 5. The molecular weight excluding hydrogens is 366 g/mol. The quantitative estimate of drug-likeness (QED) is 0.793. The van der Waals surface area contributed by atoms with Gasteiger partial charge in [0.1, 0.15) is 11.8 Å². The fourth-order valence-electron chi connectivity index (χ4n) is 2.92. The molecule has 0 radical (unpaired) electrons. The van der Waals surface area contributed by atoms with Crippen LogP contribution in [0.25, 0.3) is 0 Å². The van der Waals surface area contributed by atoms with Crippen LogP contribution in [-0.2, 0) is 9.53 Å². The van der Waals surface area contributed by atoms with Crippen LogP contribution in [0.3, 0.4) is 0 Å². The molecule has 0 aromatic heterocycles. The number of anilines is 2. The second kappa shape index (κ2) is 7.02. The average molecular weight is 384 g/mol. The number of hydrogen-bond donors (Lipinski definition) is 1. The Morgan fingerprint density at radius 3 is 2.54 bits per heavy atom. The lowest BCUT2D eigenvalue weighted by Crippen LogP contribution is -2.32. The zero-order valence-corrected chi connectivity index (χ0v) is 15.1. The molecule has 0 bridgehead atoms. The molecule has 0 saturated carbocycles. The molecule has 0 unspecified atom stereocenters. The lowest BCUT2D eigenvalue weighted by molar-refractivity contribution is -0.125. The zero-order chi connectivity index (χ0) is 19.0. The molecule has 1 aromatic carbocycles. The molecule has 7 nitrogen and oxygen atoms in total. The van der Waals surface area contributed by atoms with Gasteiger partial charge in [0.2, 0.25) is 5.91 Å². The number of carbonyl (C=O) groups excluding carboxylic acids is 2. The van der Waals surface area contributed by atoms with Crippen LogP contribution >= 0.6 is 12.2 Å². The molecule has 0 spiro atoms. The number of halogens is 2. The minimum Gasteiger partial charge on any atom is -0.442 e. The third-order valence-corrected chi connectivity index (χ3v) is 4.36. The minimum atomic E-state index is -0.841. The molecule has 1 aromatic rings. The predicted octanol–water partition coefficient (Wildman–Crippen LogP) is 1.46. The topological polar surface area (TPSA) is 65.1 Å². The molecule has 140 valence electrons. The van der Waals surface area contributed by atoms with Crippen molar-refractivity contribution in [3.05, 3.63) is 23.8 Å². The van der Waals surface area contributed by atoms with E-state index >= 15 is 0 Å². The van der Waals surface area contributed by atoms with E-state index < -0.39 is 23.8 Å². The van der Waals surface area contributed by atoms with Gasteiger partial charge < -0.3 is 19.9 Å². The van der Waals surface area contributed by atoms with Gasteiger partial charge in [-0.15, -0.1) is 0 Å². The Bertz CT molecular complexity index is 753. The Labute approximate surface area is 154 Å². The number of nitrogens with zero attached hydrogens (tertiary/aromatic N) is 3. The highest BCUT2D eigenvalue weighted by atomic mass is 32.1. The first-order valence-electron chi connectivity index (χ1n) is 7.97. The van der Waals surface area contributed by atoms with Crippen molar-refractivity contribution in [1.82, 2.24) is 10.2 Å². The van der Waals surface area contributed by atoms with Crippen LogP contribution in [0.2, 0.25) is 0 Å². The molecule has 0 aliphatic carbocycles. The third-order valence-electron chi connectivity index (χ3n) is 4.22. The van der Waals surface area contributed by atoms with E-state index in [9.17, 15) is 18.4 Å². The van der Waals surface area contributed by atoms with Crippen LogP contribution in [0.4, 0.5) is 25.0 Å². The fraction of sp³-hybridized carbons (Fsp3) is 0.438. The maximum Gasteiger partial charge on any atom is 0.414 e. The second-order valence-electron chi connectivity index (χ2n) is 6.24. The van der Waals surface area contributed by atoms with Gasteiger partial charge in [-0.05, 0) is 6.92 Å². The summed E-state index contributed by atoms with van der Waals surface area (Å²) in [5.41, 5.74) is -0.220. The normalized spacial score (nSPS) is 20.0. The number of rotatable bonds is 4. The number of thiocarbonyl (C=S) groups is 1. The smallest absolute Gasteiger partial charge is 0.414 e. The number of benzene rings is 1. The summed E-state index contributed by atoms with van der Waals surface area (Å²) in [6.45, 7) is 2.18. The number of amides is 2. The molecule has 2 saturated heterocycles. The number of carbonyl (C=O) groups is 2. The first-order chi connectivity index (χ1) is 12.3. The van der Waals surface area contributed by atoms with Crippen LogP contribution in [-0.4, -0.2) is 61.3 Å². The van der Waals surface area contributed by atoms with Crippen LogP contribution in [0.1, 0.15) is 6.92 Å². The summed E-state index contributed by atoms with van der Waals surface area (Å²) < 4.78 is 34.2. The molecule has 2 fully saturated rings. The van der Waals surface area contributed by atoms with E-state index in [1.807, 2.05) is 0 Å². The maximum absolute atomic E-state index is 14.5. The highest BCUT2D eigenvalue weighted by Gasteiger charge is 2.34. The van der Waals surface area contributed by atoms with Crippen molar-refractivity contribution in [2.45, 2.75) is 13.0 Å². The van der Waals surface area contributed by atoms with E-state index in [1.165, 1.54) is 14.7 Å². The lowest BCUT2D eigenvalue weighted by Gasteiger charge is -2.21. The van der Waals surface area contributed by atoms with Crippen molar-refractivity contribution in [3.63, 3.8) is 0 Å². The average Bonchev–Trinajstić information content (AvgIpc) is 3.07. The van der Waals surface area contributed by atoms with Crippen LogP contribution in [0, 0.1) is 11.6 Å². The third kappa shape index (κ3) is 3.55. The molecule has 1 N–H and O–H groups in total. The molecule has 26 heavy (non-hydrogen) atoms. The lowest BCUT2D eigenvalue weighted by atomic mass is 10.2. The van der Waals surface area contributed by atoms with Gasteiger partial charge in [-0.1, -0.05) is 12.2 Å². The van der Waals surface area contributed by atoms with Gasteiger partial charge >= 0.3 is 6.09 Å². The second-order valence-corrected chi connectivity index (χ2v) is 6.85. The predicted molar refractivity (Wildman–Crippen MR) is 95.2 cm³/mol. The summed E-state index contributed by atoms with van der Waals surface area (Å²) in [4.78, 5) is 28.0. The summed E-state index contributed by atoms with van der Waals surface area (Å²) in [6, 6.07) is 2.14. The van der Waals surface area contributed by atoms with Gasteiger partial charge in [-0.25, -0.2) is 13.6 Å². The Kier molecular flexibility index (Phi) is 4.94. The highest BCUT2D eigenvalue weighted by molar-refractivity contribution is 7.80. The van der Waals surface area contributed by atoms with E-state index in [4.69, 9.17) is 17.0 Å². The Balaban J connectivity index is 1.79. The standard InChI is InChI=1S/C16H18F2N4O3S/c1-9(26)19-5-11-6-22(16(24)25-11)10-3-12(17)15(13(18)4-10)21-7-14(23)20(2)8-21/h3-4,11H,5-8H2,1-2H3,(H,19,26)/t11-/m0/s1. The van der Waals surface area contributed by atoms with Crippen molar-refractivity contribution in [2.24, 2.45) is 0 Å². The number of cyclic esters (lactones) is 1. The van der Waals surface area contributed by atoms with Crippen molar-refractivity contribution < 1.29 is 23.1 Å². The van der Waals surface area contributed by atoms with E-state index in [2.05, 4.69) is 5.32 Å². The molecule has 2 amide bonds. The van der Waals surface area contributed by atoms with Gasteiger partial charge in [0.15, 0.2) is 11.6 Å². The van der Waals surface area contributed by atoms with Crippen molar-refractivity contribution in [1.29, 1.82) is 0 Å². The highest BCUT2D eigenvalue weighted by Crippen LogP contribution is 2.32. The minimum absolute atomic E-state index is 0.0641.